The van der Waals surface area contributed by atoms with E-state index in [1.54, 1.807) is 42.5 Å². The molecule has 0 bridgehead atoms. The van der Waals surface area contributed by atoms with E-state index in [-0.39, 0.29) is 23.2 Å². The van der Waals surface area contributed by atoms with Crippen molar-refractivity contribution in [3.05, 3.63) is 86.7 Å². The third-order valence-corrected chi connectivity index (χ3v) is 5.80. The van der Waals surface area contributed by atoms with Gasteiger partial charge in [-0.25, -0.2) is 4.79 Å². The van der Waals surface area contributed by atoms with Crippen LogP contribution in [0.15, 0.2) is 65.5 Å². The summed E-state index contributed by atoms with van der Waals surface area (Å²) in [6.45, 7) is -0.0631. The molecule has 0 unspecified atom stereocenters. The van der Waals surface area contributed by atoms with E-state index in [4.69, 9.17) is 18.9 Å². The van der Waals surface area contributed by atoms with Gasteiger partial charge in [-0.1, -0.05) is 24.3 Å². The first-order valence-electron chi connectivity index (χ1n) is 10.9. The standard InChI is InChI=1S/C26H22N2O9/c1-34-18-10-7-15(8-11-18)22-19-13-17(28(32)33)9-12-20(19)27(25(29)24(22)37-26(30)31)14-16-5-4-6-21(35-2)23(16)36-3/h4-13H,14H2,1-3H3,(H,30,31). The fourth-order valence-corrected chi connectivity index (χ4v) is 4.17. The summed E-state index contributed by atoms with van der Waals surface area (Å²) in [5.41, 5.74) is 0.395. The van der Waals surface area contributed by atoms with Gasteiger partial charge in [0.15, 0.2) is 11.5 Å². The predicted octanol–water partition coefficient (Wildman–Crippen LogP) is 4.71. The lowest BCUT2D eigenvalue weighted by molar-refractivity contribution is -0.384. The summed E-state index contributed by atoms with van der Waals surface area (Å²) in [4.78, 5) is 36.4. The Morgan fingerprint density at radius 1 is 0.973 bits per heavy atom. The van der Waals surface area contributed by atoms with Crippen molar-refractivity contribution in [1.29, 1.82) is 0 Å². The number of rotatable bonds is 8. The second-order valence-corrected chi connectivity index (χ2v) is 7.80. The van der Waals surface area contributed by atoms with Gasteiger partial charge in [0.25, 0.3) is 11.2 Å². The molecule has 11 heteroatoms. The summed E-state index contributed by atoms with van der Waals surface area (Å²) in [6.07, 6.45) is -1.71. The molecular weight excluding hydrogens is 484 g/mol. The van der Waals surface area contributed by atoms with E-state index in [9.17, 15) is 24.8 Å². The van der Waals surface area contributed by atoms with Crippen LogP contribution in [0.1, 0.15) is 5.56 Å². The number of aromatic nitrogens is 1. The molecule has 0 amide bonds. The molecule has 37 heavy (non-hydrogen) atoms. The van der Waals surface area contributed by atoms with Crippen molar-refractivity contribution in [2.24, 2.45) is 0 Å². The summed E-state index contributed by atoms with van der Waals surface area (Å²) in [6, 6.07) is 15.6. The van der Waals surface area contributed by atoms with Crippen molar-refractivity contribution >= 4 is 22.7 Å². The maximum Gasteiger partial charge on any atom is 0.511 e. The van der Waals surface area contributed by atoms with E-state index in [0.717, 1.165) is 0 Å². The molecule has 0 saturated heterocycles. The highest BCUT2D eigenvalue weighted by Gasteiger charge is 2.24. The van der Waals surface area contributed by atoms with E-state index in [0.29, 0.717) is 33.9 Å². The number of ether oxygens (including phenoxy) is 4. The molecular formula is C26H22N2O9. The molecule has 1 heterocycles. The van der Waals surface area contributed by atoms with Gasteiger partial charge in [0.2, 0.25) is 5.75 Å². The van der Waals surface area contributed by atoms with Crippen LogP contribution in [0.4, 0.5) is 10.5 Å². The van der Waals surface area contributed by atoms with Gasteiger partial charge >= 0.3 is 6.16 Å². The molecule has 0 saturated carbocycles. The Balaban J connectivity index is 2.09. The zero-order valence-electron chi connectivity index (χ0n) is 20.1. The fourth-order valence-electron chi connectivity index (χ4n) is 4.17. The summed E-state index contributed by atoms with van der Waals surface area (Å²) in [5.74, 6) is 0.850. The van der Waals surface area contributed by atoms with Crippen molar-refractivity contribution in [3.8, 4) is 34.1 Å². The van der Waals surface area contributed by atoms with Gasteiger partial charge in [0.1, 0.15) is 5.75 Å². The lowest BCUT2D eigenvalue weighted by Gasteiger charge is -2.19. The van der Waals surface area contributed by atoms with Crippen molar-refractivity contribution in [3.63, 3.8) is 0 Å². The van der Waals surface area contributed by atoms with Crippen molar-refractivity contribution < 1.29 is 33.8 Å². The van der Waals surface area contributed by atoms with Gasteiger partial charge < -0.3 is 28.6 Å². The molecule has 0 fully saturated rings. The number of nitro groups is 1. The Bertz CT molecular complexity index is 1560. The lowest BCUT2D eigenvalue weighted by Crippen LogP contribution is -2.25. The topological polar surface area (TPSA) is 139 Å². The van der Waals surface area contributed by atoms with Gasteiger partial charge in [-0.2, -0.15) is 0 Å². The number of benzene rings is 3. The third kappa shape index (κ3) is 4.74. The molecule has 190 valence electrons. The number of carboxylic acid groups (broad SMARTS) is 1. The number of methoxy groups -OCH3 is 3. The quantitative estimate of drug-likeness (QED) is 0.204. The van der Waals surface area contributed by atoms with Gasteiger partial charge in [0, 0.05) is 28.6 Å². The number of hydrogen-bond donors (Lipinski definition) is 1. The van der Waals surface area contributed by atoms with Crippen LogP contribution >= 0.6 is 0 Å². The molecule has 11 nitrogen and oxygen atoms in total. The summed E-state index contributed by atoms with van der Waals surface area (Å²) < 4.78 is 22.3. The largest absolute Gasteiger partial charge is 0.511 e. The third-order valence-electron chi connectivity index (χ3n) is 5.80. The normalized spacial score (nSPS) is 10.7. The smallest absolute Gasteiger partial charge is 0.497 e. The molecule has 0 spiro atoms. The Morgan fingerprint density at radius 3 is 2.30 bits per heavy atom. The second kappa shape index (κ2) is 10.3. The first-order chi connectivity index (χ1) is 17.8. The van der Waals surface area contributed by atoms with E-state index in [2.05, 4.69) is 0 Å². The van der Waals surface area contributed by atoms with Crippen LogP contribution in [0, 0.1) is 10.1 Å². The maximum absolute atomic E-state index is 13.8. The first-order valence-corrected chi connectivity index (χ1v) is 10.9. The monoisotopic (exact) mass is 506 g/mol. The van der Waals surface area contributed by atoms with Crippen LogP contribution in [-0.4, -0.2) is 42.1 Å². The Hall–Kier alpha value is -5.06. The fraction of sp³-hybridized carbons (Fsp3) is 0.154. The van der Waals surface area contributed by atoms with Crippen LogP contribution in [-0.2, 0) is 6.54 Å². The minimum absolute atomic E-state index is 0.0631. The molecule has 3 aromatic carbocycles. The van der Waals surface area contributed by atoms with Crippen molar-refractivity contribution in [1.82, 2.24) is 4.57 Å². The number of carbonyl (C=O) groups is 1. The number of nitro benzene ring substituents is 1. The maximum atomic E-state index is 13.8. The molecule has 0 atom stereocenters. The highest BCUT2D eigenvalue weighted by molar-refractivity contribution is 5.99. The summed E-state index contributed by atoms with van der Waals surface area (Å²) in [7, 11) is 4.42. The Morgan fingerprint density at radius 2 is 1.70 bits per heavy atom. The van der Waals surface area contributed by atoms with E-state index in [1.165, 1.54) is 44.1 Å². The molecule has 4 aromatic rings. The minimum Gasteiger partial charge on any atom is -0.497 e. The van der Waals surface area contributed by atoms with Crippen LogP contribution < -0.4 is 24.5 Å². The lowest BCUT2D eigenvalue weighted by atomic mass is 9.99. The number of hydrogen-bond acceptors (Lipinski definition) is 8. The van der Waals surface area contributed by atoms with Crippen LogP contribution in [0.25, 0.3) is 22.0 Å². The second-order valence-electron chi connectivity index (χ2n) is 7.80. The molecule has 4 rings (SSSR count). The number of fused-ring (bicyclic) bond motifs is 1. The molecule has 0 aliphatic carbocycles. The van der Waals surface area contributed by atoms with Gasteiger partial charge in [-0.3, -0.25) is 14.9 Å². The SMILES string of the molecule is COc1ccc(-c2c(OC(=O)O)c(=O)n(Cc3cccc(OC)c3OC)c3ccc([N+](=O)[O-])cc23)cc1. The molecule has 1 N–H and O–H groups in total. The highest BCUT2D eigenvalue weighted by atomic mass is 16.7. The van der Waals surface area contributed by atoms with Gasteiger partial charge in [-0.15, -0.1) is 0 Å². The molecule has 0 radical (unpaired) electrons. The highest BCUT2D eigenvalue weighted by Crippen LogP contribution is 2.38. The van der Waals surface area contributed by atoms with E-state index in [1.807, 2.05) is 0 Å². The Kier molecular flexibility index (Phi) is 6.96. The average Bonchev–Trinajstić information content (AvgIpc) is 2.90. The van der Waals surface area contributed by atoms with Crippen LogP contribution in [0.5, 0.6) is 23.0 Å². The van der Waals surface area contributed by atoms with Crippen LogP contribution in [0.2, 0.25) is 0 Å². The Labute approximate surface area is 210 Å². The molecule has 0 aliphatic heterocycles. The van der Waals surface area contributed by atoms with Crippen LogP contribution in [0.3, 0.4) is 0 Å². The number of non-ortho nitro benzene ring substituents is 1. The zero-order valence-corrected chi connectivity index (χ0v) is 20.1. The summed E-state index contributed by atoms with van der Waals surface area (Å²) >= 11 is 0. The molecule has 0 aliphatic rings. The zero-order chi connectivity index (χ0) is 26.7. The predicted molar refractivity (Wildman–Crippen MR) is 134 cm³/mol. The van der Waals surface area contributed by atoms with Gasteiger partial charge in [0.05, 0.1) is 38.3 Å². The van der Waals surface area contributed by atoms with E-state index >= 15 is 0 Å². The van der Waals surface area contributed by atoms with Crippen molar-refractivity contribution in [2.45, 2.75) is 6.54 Å². The number of nitrogens with zero attached hydrogens (tertiary/aromatic N) is 2. The van der Waals surface area contributed by atoms with Crippen molar-refractivity contribution in [2.75, 3.05) is 21.3 Å². The minimum atomic E-state index is -1.71. The number of pyridine rings is 1. The summed E-state index contributed by atoms with van der Waals surface area (Å²) in [5, 5.41) is 21.3. The number of para-hydroxylation sites is 1. The average molecular weight is 506 g/mol. The van der Waals surface area contributed by atoms with E-state index < -0.39 is 22.4 Å². The first kappa shape index (κ1) is 25.0. The molecule has 1 aromatic heterocycles. The van der Waals surface area contributed by atoms with Gasteiger partial charge in [-0.05, 0) is 29.8 Å².